The zero-order valence-electron chi connectivity index (χ0n) is 9.75. The minimum Gasteiger partial charge on any atom is -0.726 e. The molecule has 18 heavy (non-hydrogen) atoms. The van der Waals surface area contributed by atoms with Crippen LogP contribution in [0.1, 0.15) is 6.92 Å². The predicted octanol–water partition coefficient (Wildman–Crippen LogP) is -2.97. The molecule has 1 heterocycles. The molecule has 1 fully saturated rings. The summed E-state index contributed by atoms with van der Waals surface area (Å²) in [5.41, 5.74) is 0. The van der Waals surface area contributed by atoms with Crippen LogP contribution in [0.3, 0.4) is 0 Å². The van der Waals surface area contributed by atoms with Gasteiger partial charge in [0.15, 0.2) is 5.79 Å². The lowest BCUT2D eigenvalue weighted by atomic mass is 9.94. The predicted molar refractivity (Wildman–Crippen MR) is 55.2 cm³/mol. The third-order valence-corrected chi connectivity index (χ3v) is 2.79. The zero-order valence-corrected chi connectivity index (χ0v) is 10.6. The molecular formula is C7H17NO9S. The fourth-order valence-electron chi connectivity index (χ4n) is 1.45. The molecule has 10 nitrogen and oxygen atoms in total. The van der Waals surface area contributed by atoms with Gasteiger partial charge in [-0.2, -0.15) is 0 Å². The second-order valence-electron chi connectivity index (χ2n) is 3.83. The average molecular weight is 291 g/mol. The molecule has 0 radical (unpaired) electrons. The molecule has 1 aliphatic heterocycles. The Bertz CT molecular complexity index is 369. The molecule has 1 rings (SSSR count). The van der Waals surface area contributed by atoms with E-state index in [0.29, 0.717) is 0 Å². The van der Waals surface area contributed by atoms with Gasteiger partial charge >= 0.3 is 0 Å². The van der Waals surface area contributed by atoms with Gasteiger partial charge in [-0.1, -0.05) is 0 Å². The van der Waals surface area contributed by atoms with Crippen molar-refractivity contribution in [3.8, 4) is 0 Å². The van der Waals surface area contributed by atoms with Gasteiger partial charge in [-0.05, 0) is 6.92 Å². The van der Waals surface area contributed by atoms with E-state index in [0.717, 1.165) is 6.92 Å². The molecule has 1 saturated heterocycles. The summed E-state index contributed by atoms with van der Waals surface area (Å²) >= 11 is 0. The van der Waals surface area contributed by atoms with Crippen molar-refractivity contribution < 1.29 is 42.3 Å². The molecule has 0 aromatic rings. The molecule has 0 bridgehead atoms. The molecule has 0 spiro atoms. The highest BCUT2D eigenvalue weighted by atomic mass is 32.3. The van der Waals surface area contributed by atoms with E-state index in [-0.39, 0.29) is 6.15 Å². The number of hydrogen-bond donors (Lipinski definition) is 5. The summed E-state index contributed by atoms with van der Waals surface area (Å²) in [6.45, 7) is 0.123. The lowest BCUT2D eigenvalue weighted by molar-refractivity contribution is -0.340. The lowest BCUT2D eigenvalue weighted by Crippen LogP contribution is -2.64. The second-order valence-corrected chi connectivity index (χ2v) is 4.88. The SMILES string of the molecule is C[C@]1(O)O[C@H](COS(=O)(=O)[O-])[C@H](O)[C@H](O)[C@H]1O.[NH4+]. The minimum atomic E-state index is -4.98. The van der Waals surface area contributed by atoms with Crippen LogP contribution in [-0.4, -0.2) is 70.2 Å². The third-order valence-electron chi connectivity index (χ3n) is 2.37. The molecule has 8 N–H and O–H groups in total. The highest BCUT2D eigenvalue weighted by molar-refractivity contribution is 7.80. The van der Waals surface area contributed by atoms with Gasteiger partial charge in [0.2, 0.25) is 10.4 Å². The largest absolute Gasteiger partial charge is 0.726 e. The van der Waals surface area contributed by atoms with Crippen LogP contribution in [0.2, 0.25) is 0 Å². The third kappa shape index (κ3) is 4.08. The number of quaternary nitrogens is 1. The molecule has 110 valence electrons. The van der Waals surface area contributed by atoms with E-state index in [9.17, 15) is 33.4 Å². The van der Waals surface area contributed by atoms with Crippen molar-refractivity contribution in [1.29, 1.82) is 0 Å². The monoisotopic (exact) mass is 291 g/mol. The average Bonchev–Trinajstić information content (AvgIpc) is 2.17. The lowest BCUT2D eigenvalue weighted by Gasteiger charge is -2.43. The molecule has 0 aromatic carbocycles. The van der Waals surface area contributed by atoms with Crippen molar-refractivity contribution >= 4 is 10.4 Å². The van der Waals surface area contributed by atoms with Crippen LogP contribution in [0, 0.1) is 0 Å². The summed E-state index contributed by atoms with van der Waals surface area (Å²) in [5.74, 6) is -2.20. The Hall–Kier alpha value is -0.370. The highest BCUT2D eigenvalue weighted by Gasteiger charge is 2.50. The first-order chi connectivity index (χ1) is 7.54. The summed E-state index contributed by atoms with van der Waals surface area (Å²) in [6.07, 6.45) is -6.71. The van der Waals surface area contributed by atoms with Gasteiger partial charge in [0.05, 0.1) is 6.61 Å². The van der Waals surface area contributed by atoms with Crippen molar-refractivity contribution in [2.24, 2.45) is 0 Å². The quantitative estimate of drug-likeness (QED) is 0.266. The maximum atomic E-state index is 10.2. The van der Waals surface area contributed by atoms with Crippen LogP contribution in [-0.2, 0) is 19.3 Å². The Morgan fingerprint density at radius 1 is 1.33 bits per heavy atom. The van der Waals surface area contributed by atoms with Crippen molar-refractivity contribution in [2.45, 2.75) is 37.1 Å². The van der Waals surface area contributed by atoms with Crippen LogP contribution < -0.4 is 6.15 Å². The van der Waals surface area contributed by atoms with Crippen LogP contribution in [0.25, 0.3) is 0 Å². The Morgan fingerprint density at radius 2 is 1.83 bits per heavy atom. The number of aliphatic hydroxyl groups excluding tert-OH is 3. The van der Waals surface area contributed by atoms with Gasteiger partial charge in [0, 0.05) is 0 Å². The molecule has 0 aliphatic carbocycles. The van der Waals surface area contributed by atoms with E-state index >= 15 is 0 Å². The van der Waals surface area contributed by atoms with E-state index < -0.39 is 47.2 Å². The van der Waals surface area contributed by atoms with E-state index in [2.05, 4.69) is 4.18 Å². The van der Waals surface area contributed by atoms with E-state index in [1.807, 2.05) is 0 Å². The van der Waals surface area contributed by atoms with Gasteiger partial charge < -0.3 is 35.9 Å². The van der Waals surface area contributed by atoms with Crippen molar-refractivity contribution in [3.63, 3.8) is 0 Å². The Labute approximate surface area is 103 Å². The maximum Gasteiger partial charge on any atom is 0.217 e. The van der Waals surface area contributed by atoms with Crippen LogP contribution in [0.4, 0.5) is 0 Å². The van der Waals surface area contributed by atoms with Gasteiger partial charge in [-0.15, -0.1) is 0 Å². The molecular weight excluding hydrogens is 274 g/mol. The summed E-state index contributed by atoms with van der Waals surface area (Å²) in [7, 11) is -4.98. The number of rotatable bonds is 3. The summed E-state index contributed by atoms with van der Waals surface area (Å²) < 4.78 is 39.2. The Balaban J connectivity index is 0.00000289. The zero-order chi connectivity index (χ0) is 13.4. The van der Waals surface area contributed by atoms with E-state index in [4.69, 9.17) is 4.74 Å². The molecule has 0 saturated carbocycles. The maximum absolute atomic E-state index is 10.2. The first kappa shape index (κ1) is 17.6. The molecule has 1 aliphatic rings. The first-order valence-corrected chi connectivity index (χ1v) is 5.92. The van der Waals surface area contributed by atoms with Crippen LogP contribution in [0.15, 0.2) is 0 Å². The normalized spacial score (nSPS) is 41.2. The number of hydrogen-bond acceptors (Lipinski definition) is 9. The van der Waals surface area contributed by atoms with Gasteiger partial charge in [0.25, 0.3) is 0 Å². The van der Waals surface area contributed by atoms with E-state index in [1.165, 1.54) is 0 Å². The van der Waals surface area contributed by atoms with Gasteiger partial charge in [-0.3, -0.25) is 4.18 Å². The second kappa shape index (κ2) is 5.73. The van der Waals surface area contributed by atoms with Crippen LogP contribution >= 0.6 is 0 Å². The Kier molecular flexibility index (Phi) is 5.61. The van der Waals surface area contributed by atoms with E-state index in [1.54, 1.807) is 0 Å². The van der Waals surface area contributed by atoms with Crippen molar-refractivity contribution in [2.75, 3.05) is 6.61 Å². The summed E-state index contributed by atoms with van der Waals surface area (Å²) in [5, 5.41) is 37.6. The molecule has 5 atom stereocenters. The molecule has 11 heteroatoms. The molecule has 0 amide bonds. The number of aliphatic hydroxyl groups is 4. The minimum absolute atomic E-state index is 0. The summed E-state index contributed by atoms with van der Waals surface area (Å²) in [6, 6.07) is 0. The Morgan fingerprint density at radius 3 is 2.28 bits per heavy atom. The first-order valence-electron chi connectivity index (χ1n) is 4.59. The number of ether oxygens (including phenoxy) is 1. The van der Waals surface area contributed by atoms with Crippen LogP contribution in [0.5, 0.6) is 0 Å². The fourth-order valence-corrected chi connectivity index (χ4v) is 1.75. The smallest absolute Gasteiger partial charge is 0.217 e. The van der Waals surface area contributed by atoms with Crippen molar-refractivity contribution in [3.05, 3.63) is 0 Å². The van der Waals surface area contributed by atoms with Gasteiger partial charge in [0.1, 0.15) is 24.4 Å². The van der Waals surface area contributed by atoms with Gasteiger partial charge in [-0.25, -0.2) is 8.42 Å². The van der Waals surface area contributed by atoms with Crippen molar-refractivity contribution in [1.82, 2.24) is 6.15 Å². The topological polar surface area (TPSA) is 193 Å². The molecule has 0 aromatic heterocycles. The molecule has 0 unspecified atom stereocenters. The standard InChI is InChI=1S/C7H14O9S.H3N/c1-7(11)6(10)5(9)4(8)3(16-7)2-15-17(12,13)14;/h3-6,8-11H,2H2,1H3,(H,12,13,14);1H3/t3-,4+,5+,6-,7+;/m1./s1. The summed E-state index contributed by atoms with van der Waals surface area (Å²) in [4.78, 5) is 0. The fraction of sp³-hybridized carbons (Fsp3) is 1.00. The highest BCUT2D eigenvalue weighted by Crippen LogP contribution is 2.27.